The first kappa shape index (κ1) is 36.1. The van der Waals surface area contributed by atoms with E-state index in [-0.39, 0.29) is 0 Å². The van der Waals surface area contributed by atoms with Crippen molar-refractivity contribution >= 4 is 60.8 Å². The number of hydrogen-bond acceptors (Lipinski definition) is 3. The van der Waals surface area contributed by atoms with Crippen LogP contribution in [0, 0.1) is 0 Å². The SMILES string of the molecule is c1ccc(-n2c3ccccc3c3cc(-c4ccc(N(c5ccc(-c6ccc7oc8ccccc8c7c6)cc5)c5ccc6c(c5)-c5ccccc5Oc5ccccc5-6)cc4)ccc32)cc1. The van der Waals surface area contributed by atoms with Crippen LogP contribution < -0.4 is 9.64 Å². The summed E-state index contributed by atoms with van der Waals surface area (Å²) in [5.41, 5.74) is 17.5. The Balaban J connectivity index is 0.931. The summed E-state index contributed by atoms with van der Waals surface area (Å²) in [6.45, 7) is 0. The van der Waals surface area contributed by atoms with Crippen molar-refractivity contribution in [1.29, 1.82) is 0 Å². The minimum absolute atomic E-state index is 0.845. The lowest BCUT2D eigenvalue weighted by atomic mass is 9.93. The van der Waals surface area contributed by atoms with Crippen molar-refractivity contribution in [3.63, 3.8) is 0 Å². The first-order valence-corrected chi connectivity index (χ1v) is 21.7. The summed E-state index contributed by atoms with van der Waals surface area (Å²) in [5, 5.41) is 4.72. The average molecular weight is 819 g/mol. The van der Waals surface area contributed by atoms with E-state index >= 15 is 0 Å². The van der Waals surface area contributed by atoms with Crippen molar-refractivity contribution < 1.29 is 9.15 Å². The number of aromatic nitrogens is 1. The Labute approximate surface area is 370 Å². The summed E-state index contributed by atoms with van der Waals surface area (Å²) >= 11 is 0. The molecule has 0 N–H and O–H groups in total. The number of hydrogen-bond donors (Lipinski definition) is 0. The normalized spacial score (nSPS) is 11.9. The number of rotatable bonds is 6. The van der Waals surface area contributed by atoms with Gasteiger partial charge in [0.05, 0.1) is 11.0 Å². The number of nitrogens with zero attached hydrogens (tertiary/aromatic N) is 2. The molecule has 4 heteroatoms. The Bertz CT molecular complexity index is 3750. The van der Waals surface area contributed by atoms with Crippen molar-refractivity contribution in [1.82, 2.24) is 4.57 Å². The van der Waals surface area contributed by atoms with Crippen LogP contribution in [-0.4, -0.2) is 4.57 Å². The van der Waals surface area contributed by atoms with E-state index in [9.17, 15) is 0 Å². The van der Waals surface area contributed by atoms with Crippen molar-refractivity contribution in [3.8, 4) is 61.7 Å². The lowest BCUT2D eigenvalue weighted by Gasteiger charge is -2.27. The molecule has 10 aromatic carbocycles. The second-order valence-corrected chi connectivity index (χ2v) is 16.5. The van der Waals surface area contributed by atoms with Gasteiger partial charge in [0.2, 0.25) is 0 Å². The van der Waals surface area contributed by atoms with E-state index in [1.54, 1.807) is 0 Å². The van der Waals surface area contributed by atoms with Crippen LogP contribution in [-0.2, 0) is 0 Å². The number of furan rings is 1. The summed E-state index contributed by atoms with van der Waals surface area (Å²) in [7, 11) is 0. The molecule has 0 saturated carbocycles. The van der Waals surface area contributed by atoms with Crippen LogP contribution in [0.3, 0.4) is 0 Å². The molecule has 0 aliphatic carbocycles. The van der Waals surface area contributed by atoms with Crippen LogP contribution in [0.2, 0.25) is 0 Å². The quantitative estimate of drug-likeness (QED) is 0.167. The van der Waals surface area contributed by atoms with Crippen molar-refractivity contribution in [2.75, 3.05) is 4.90 Å². The molecule has 0 unspecified atom stereocenters. The average Bonchev–Trinajstić information content (AvgIpc) is 3.86. The maximum atomic E-state index is 6.56. The zero-order valence-corrected chi connectivity index (χ0v) is 34.7. The third kappa shape index (κ3) is 5.84. The van der Waals surface area contributed by atoms with Crippen LogP contribution in [0.5, 0.6) is 11.5 Å². The highest BCUT2D eigenvalue weighted by atomic mass is 16.5. The van der Waals surface area contributed by atoms with E-state index < -0.39 is 0 Å². The van der Waals surface area contributed by atoms with Gasteiger partial charge in [-0.25, -0.2) is 0 Å². The van der Waals surface area contributed by atoms with Crippen molar-refractivity contribution in [2.45, 2.75) is 0 Å². The van der Waals surface area contributed by atoms with Crippen LogP contribution in [0.1, 0.15) is 0 Å². The third-order valence-corrected chi connectivity index (χ3v) is 12.8. The second kappa shape index (κ2) is 14.5. The number of anilines is 3. The van der Waals surface area contributed by atoms with Crippen molar-refractivity contribution in [2.24, 2.45) is 0 Å². The van der Waals surface area contributed by atoms with Gasteiger partial charge in [-0.05, 0) is 130 Å². The lowest BCUT2D eigenvalue weighted by molar-refractivity contribution is 0.488. The van der Waals surface area contributed by atoms with Gasteiger partial charge in [0.15, 0.2) is 0 Å². The maximum absolute atomic E-state index is 6.56. The first-order chi connectivity index (χ1) is 31.7. The van der Waals surface area contributed by atoms with Crippen LogP contribution in [0.4, 0.5) is 17.1 Å². The molecule has 3 heterocycles. The molecular formula is C60H38N2O2. The van der Waals surface area contributed by atoms with Gasteiger partial charge in [-0.1, -0.05) is 133 Å². The highest BCUT2D eigenvalue weighted by Crippen LogP contribution is 2.49. The molecule has 4 nitrogen and oxygen atoms in total. The standard InChI is InChI=1S/C60H38N2O2/c1-2-12-43(13-3-1)62-55-18-8-4-14-48(55)53-36-41(26-34-56(53)62)39-22-28-44(29-23-39)61(45-30-24-40(25-31-45)42-27-35-60-54(37-42)51-17-7-11-21-59(51)64-60)46-32-33-47-49-15-5-9-19-57(49)63-58-20-10-6-16-50(58)52(47)38-46/h1-38H. The van der Waals surface area contributed by atoms with E-state index in [0.717, 1.165) is 95.1 Å². The van der Waals surface area contributed by atoms with E-state index in [2.05, 4.69) is 216 Å². The van der Waals surface area contributed by atoms with Crippen LogP contribution >= 0.6 is 0 Å². The summed E-state index contributed by atoms with van der Waals surface area (Å²) in [6, 6.07) is 82.3. The fraction of sp³-hybridized carbons (Fsp3) is 0. The van der Waals surface area contributed by atoms with Gasteiger partial charge >= 0.3 is 0 Å². The Hall–Kier alpha value is -8.60. The number of fused-ring (bicyclic) bond motifs is 11. The molecule has 13 rings (SSSR count). The lowest BCUT2D eigenvalue weighted by Crippen LogP contribution is -2.10. The maximum Gasteiger partial charge on any atom is 0.135 e. The monoisotopic (exact) mass is 818 g/mol. The van der Waals surface area contributed by atoms with E-state index in [0.29, 0.717) is 0 Å². The predicted molar refractivity (Wildman–Crippen MR) is 265 cm³/mol. The molecular weight excluding hydrogens is 781 g/mol. The number of benzene rings is 10. The van der Waals surface area contributed by atoms with Gasteiger partial charge in [0, 0.05) is 55.4 Å². The largest absolute Gasteiger partial charge is 0.456 e. The van der Waals surface area contributed by atoms with Gasteiger partial charge in [-0.2, -0.15) is 0 Å². The Kier molecular flexibility index (Phi) is 8.18. The van der Waals surface area contributed by atoms with Crippen LogP contribution in [0.15, 0.2) is 235 Å². The number of ether oxygens (including phenoxy) is 1. The fourth-order valence-electron chi connectivity index (χ4n) is 9.77. The molecule has 12 aromatic rings. The van der Waals surface area contributed by atoms with Crippen LogP contribution in [0.25, 0.3) is 93.9 Å². The molecule has 0 atom stereocenters. The molecule has 300 valence electrons. The predicted octanol–water partition coefficient (Wildman–Crippen LogP) is 16.9. The minimum Gasteiger partial charge on any atom is -0.456 e. The molecule has 0 radical (unpaired) electrons. The summed E-state index contributed by atoms with van der Waals surface area (Å²) in [6.07, 6.45) is 0. The number of para-hydroxylation sites is 5. The van der Waals surface area contributed by atoms with E-state index in [1.165, 1.54) is 27.4 Å². The molecule has 0 spiro atoms. The first-order valence-electron chi connectivity index (χ1n) is 21.7. The molecule has 0 bridgehead atoms. The van der Waals surface area contributed by atoms with Gasteiger partial charge in [-0.3, -0.25) is 0 Å². The highest BCUT2D eigenvalue weighted by molar-refractivity contribution is 6.11. The van der Waals surface area contributed by atoms with Gasteiger partial charge in [0.1, 0.15) is 22.7 Å². The summed E-state index contributed by atoms with van der Waals surface area (Å²) in [4.78, 5) is 2.36. The molecule has 0 amide bonds. The molecule has 1 aliphatic rings. The minimum atomic E-state index is 0.845. The highest BCUT2D eigenvalue weighted by Gasteiger charge is 2.23. The van der Waals surface area contributed by atoms with E-state index in [1.807, 2.05) is 24.3 Å². The van der Waals surface area contributed by atoms with Gasteiger partial charge in [-0.15, -0.1) is 0 Å². The summed E-state index contributed by atoms with van der Waals surface area (Å²) < 4.78 is 15.1. The molecule has 0 fully saturated rings. The fourth-order valence-corrected chi connectivity index (χ4v) is 9.77. The van der Waals surface area contributed by atoms with Gasteiger partial charge < -0.3 is 18.6 Å². The zero-order chi connectivity index (χ0) is 42.1. The molecule has 64 heavy (non-hydrogen) atoms. The second-order valence-electron chi connectivity index (χ2n) is 16.5. The Morgan fingerprint density at radius 2 is 0.844 bits per heavy atom. The van der Waals surface area contributed by atoms with Gasteiger partial charge in [0.25, 0.3) is 0 Å². The molecule has 2 aromatic heterocycles. The molecule has 0 saturated heterocycles. The Morgan fingerprint density at radius 1 is 0.312 bits per heavy atom. The molecule has 1 aliphatic heterocycles. The summed E-state index contributed by atoms with van der Waals surface area (Å²) in [5.74, 6) is 1.70. The Morgan fingerprint density at radius 3 is 1.58 bits per heavy atom. The van der Waals surface area contributed by atoms with Crippen molar-refractivity contribution in [3.05, 3.63) is 231 Å². The van der Waals surface area contributed by atoms with E-state index in [4.69, 9.17) is 9.15 Å². The zero-order valence-electron chi connectivity index (χ0n) is 34.7. The topological polar surface area (TPSA) is 30.5 Å². The smallest absolute Gasteiger partial charge is 0.135 e. The third-order valence-electron chi connectivity index (χ3n) is 12.8.